The van der Waals surface area contributed by atoms with Gasteiger partial charge >= 0.3 is 5.97 Å². The molecule has 2 rings (SSSR count). The van der Waals surface area contributed by atoms with Crippen molar-refractivity contribution < 1.29 is 14.7 Å². The van der Waals surface area contributed by atoms with Crippen molar-refractivity contribution in [3.8, 4) is 0 Å². The van der Waals surface area contributed by atoms with Crippen LogP contribution in [0, 0.1) is 12.8 Å². The molecular formula is C15H19NO3. The number of carbonyl (C=O) groups excluding carboxylic acids is 1. The van der Waals surface area contributed by atoms with E-state index in [1.165, 1.54) is 4.90 Å². The Hall–Kier alpha value is -1.84. The Balaban J connectivity index is 2.21. The molecule has 19 heavy (non-hydrogen) atoms. The summed E-state index contributed by atoms with van der Waals surface area (Å²) in [5, 5.41) is 9.00. The number of carboxylic acids is 1. The van der Waals surface area contributed by atoms with E-state index in [0.717, 1.165) is 31.2 Å². The van der Waals surface area contributed by atoms with Crippen LogP contribution in [0.25, 0.3) is 0 Å². The second kappa shape index (κ2) is 5.87. The number of carbonyl (C=O) groups is 2. The minimum absolute atomic E-state index is 0.0133. The van der Waals surface area contributed by atoms with E-state index in [2.05, 4.69) is 0 Å². The number of anilines is 1. The van der Waals surface area contributed by atoms with E-state index in [-0.39, 0.29) is 18.4 Å². The van der Waals surface area contributed by atoms with Crippen LogP contribution in [0.3, 0.4) is 0 Å². The zero-order valence-corrected chi connectivity index (χ0v) is 11.1. The average molecular weight is 261 g/mol. The van der Waals surface area contributed by atoms with Gasteiger partial charge in [0.1, 0.15) is 6.54 Å². The summed E-state index contributed by atoms with van der Waals surface area (Å²) in [6.45, 7) is 1.70. The molecule has 1 saturated carbocycles. The van der Waals surface area contributed by atoms with E-state index >= 15 is 0 Å². The van der Waals surface area contributed by atoms with E-state index in [1.807, 2.05) is 31.2 Å². The Labute approximate surface area is 113 Å². The maximum Gasteiger partial charge on any atom is 0.323 e. The monoisotopic (exact) mass is 261 g/mol. The van der Waals surface area contributed by atoms with Crippen LogP contribution < -0.4 is 4.90 Å². The van der Waals surface area contributed by atoms with Gasteiger partial charge in [0.05, 0.1) is 0 Å². The van der Waals surface area contributed by atoms with E-state index in [0.29, 0.717) is 5.69 Å². The van der Waals surface area contributed by atoms with Gasteiger partial charge < -0.3 is 10.0 Å². The lowest BCUT2D eigenvalue weighted by molar-refractivity contribution is -0.137. The highest BCUT2D eigenvalue weighted by atomic mass is 16.4. The first-order chi connectivity index (χ1) is 9.08. The van der Waals surface area contributed by atoms with Gasteiger partial charge in [-0.2, -0.15) is 0 Å². The lowest BCUT2D eigenvalue weighted by Crippen LogP contribution is -2.39. The molecule has 1 aromatic rings. The first kappa shape index (κ1) is 13.6. The lowest BCUT2D eigenvalue weighted by Gasteiger charge is -2.24. The zero-order valence-electron chi connectivity index (χ0n) is 11.1. The normalized spacial score (nSPS) is 15.4. The molecule has 0 aromatic heterocycles. The number of hydrogen-bond acceptors (Lipinski definition) is 2. The molecule has 1 aliphatic carbocycles. The maximum atomic E-state index is 12.4. The van der Waals surface area contributed by atoms with Crippen molar-refractivity contribution in [2.45, 2.75) is 32.6 Å². The van der Waals surface area contributed by atoms with E-state index in [9.17, 15) is 9.59 Å². The molecule has 0 saturated heterocycles. The number of hydrogen-bond donors (Lipinski definition) is 1. The third-order valence-corrected chi connectivity index (χ3v) is 3.61. The number of rotatable bonds is 4. The molecule has 0 atom stereocenters. The van der Waals surface area contributed by atoms with Crippen LogP contribution in [0.2, 0.25) is 0 Å². The molecule has 1 N–H and O–H groups in total. The number of aliphatic carboxylic acids is 1. The van der Waals surface area contributed by atoms with Crippen molar-refractivity contribution in [2.75, 3.05) is 11.4 Å². The summed E-state index contributed by atoms with van der Waals surface area (Å²) >= 11 is 0. The third-order valence-electron chi connectivity index (χ3n) is 3.61. The molecule has 0 aliphatic heterocycles. The first-order valence-electron chi connectivity index (χ1n) is 6.68. The molecule has 0 bridgehead atoms. The highest BCUT2D eigenvalue weighted by Crippen LogP contribution is 2.28. The molecule has 1 aliphatic rings. The van der Waals surface area contributed by atoms with Crippen molar-refractivity contribution in [1.82, 2.24) is 0 Å². The highest BCUT2D eigenvalue weighted by Gasteiger charge is 2.29. The van der Waals surface area contributed by atoms with Crippen molar-refractivity contribution in [1.29, 1.82) is 0 Å². The maximum absolute atomic E-state index is 12.4. The number of benzene rings is 1. The number of carboxylic acid groups (broad SMARTS) is 1. The van der Waals surface area contributed by atoms with Crippen LogP contribution in [-0.4, -0.2) is 23.5 Å². The summed E-state index contributed by atoms with van der Waals surface area (Å²) in [6.07, 6.45) is 3.87. The van der Waals surface area contributed by atoms with Gasteiger partial charge in [-0.25, -0.2) is 0 Å². The second-order valence-electron chi connectivity index (χ2n) is 5.14. The van der Waals surface area contributed by atoms with Crippen molar-refractivity contribution in [3.63, 3.8) is 0 Å². The van der Waals surface area contributed by atoms with Crippen LogP contribution in [0.1, 0.15) is 31.2 Å². The molecule has 4 heteroatoms. The lowest BCUT2D eigenvalue weighted by atomic mass is 10.1. The Morgan fingerprint density at radius 3 is 2.32 bits per heavy atom. The SMILES string of the molecule is Cc1ccc(N(CC(=O)O)C(=O)C2CCCC2)cc1. The Morgan fingerprint density at radius 2 is 1.79 bits per heavy atom. The molecular weight excluding hydrogens is 242 g/mol. The highest BCUT2D eigenvalue weighted by molar-refractivity contribution is 5.98. The molecule has 4 nitrogen and oxygen atoms in total. The first-order valence-corrected chi connectivity index (χ1v) is 6.68. The Morgan fingerprint density at radius 1 is 1.21 bits per heavy atom. The number of nitrogens with zero attached hydrogens (tertiary/aromatic N) is 1. The minimum Gasteiger partial charge on any atom is -0.480 e. The molecule has 0 spiro atoms. The summed E-state index contributed by atoms with van der Waals surface area (Å²) in [7, 11) is 0. The largest absolute Gasteiger partial charge is 0.480 e. The molecule has 0 unspecified atom stereocenters. The number of amides is 1. The second-order valence-corrected chi connectivity index (χ2v) is 5.14. The van der Waals surface area contributed by atoms with Gasteiger partial charge in [-0.15, -0.1) is 0 Å². The molecule has 1 fully saturated rings. The average Bonchev–Trinajstić information content (AvgIpc) is 2.90. The smallest absolute Gasteiger partial charge is 0.323 e. The number of aryl methyl sites for hydroxylation is 1. The van der Waals surface area contributed by atoms with Gasteiger partial charge in [0.15, 0.2) is 0 Å². The fourth-order valence-electron chi connectivity index (χ4n) is 2.55. The molecule has 1 aromatic carbocycles. The molecule has 0 radical (unpaired) electrons. The van der Waals surface area contributed by atoms with E-state index in [4.69, 9.17) is 5.11 Å². The van der Waals surface area contributed by atoms with Gasteiger partial charge in [-0.1, -0.05) is 30.5 Å². The topological polar surface area (TPSA) is 57.6 Å². The minimum atomic E-state index is -0.980. The standard InChI is InChI=1S/C15H19NO3/c1-11-6-8-13(9-7-11)16(10-14(17)18)15(19)12-4-2-3-5-12/h6-9,12H,2-5,10H2,1H3,(H,17,18). The van der Waals surface area contributed by atoms with Crippen molar-refractivity contribution in [3.05, 3.63) is 29.8 Å². The van der Waals surface area contributed by atoms with E-state index in [1.54, 1.807) is 0 Å². The van der Waals surface area contributed by atoms with Crippen molar-refractivity contribution in [2.24, 2.45) is 5.92 Å². The van der Waals surface area contributed by atoms with Crippen LogP contribution in [0.5, 0.6) is 0 Å². The molecule has 102 valence electrons. The van der Waals surface area contributed by atoms with E-state index < -0.39 is 5.97 Å². The fourth-order valence-corrected chi connectivity index (χ4v) is 2.55. The Bertz CT molecular complexity index is 461. The fraction of sp³-hybridized carbons (Fsp3) is 0.467. The van der Waals surface area contributed by atoms with Crippen LogP contribution in [0.15, 0.2) is 24.3 Å². The summed E-state index contributed by atoms with van der Waals surface area (Å²) in [6, 6.07) is 7.41. The van der Waals surface area contributed by atoms with Crippen LogP contribution >= 0.6 is 0 Å². The van der Waals surface area contributed by atoms with Gasteiger partial charge in [0.25, 0.3) is 0 Å². The third kappa shape index (κ3) is 3.34. The zero-order chi connectivity index (χ0) is 13.8. The predicted molar refractivity (Wildman–Crippen MR) is 73.1 cm³/mol. The van der Waals surface area contributed by atoms with Gasteiger partial charge in [-0.3, -0.25) is 9.59 Å². The van der Waals surface area contributed by atoms with Crippen LogP contribution in [0.4, 0.5) is 5.69 Å². The molecule has 1 amide bonds. The van der Waals surface area contributed by atoms with Gasteiger partial charge in [0, 0.05) is 11.6 Å². The van der Waals surface area contributed by atoms with Crippen molar-refractivity contribution >= 4 is 17.6 Å². The van der Waals surface area contributed by atoms with Gasteiger partial charge in [0.2, 0.25) is 5.91 Å². The Kier molecular flexibility index (Phi) is 4.20. The summed E-state index contributed by atoms with van der Waals surface area (Å²) in [4.78, 5) is 24.8. The van der Waals surface area contributed by atoms with Gasteiger partial charge in [-0.05, 0) is 31.9 Å². The summed E-state index contributed by atoms with van der Waals surface area (Å²) in [5.74, 6) is -1.05. The molecule has 0 heterocycles. The summed E-state index contributed by atoms with van der Waals surface area (Å²) in [5.41, 5.74) is 1.76. The summed E-state index contributed by atoms with van der Waals surface area (Å²) < 4.78 is 0. The quantitative estimate of drug-likeness (QED) is 0.906. The predicted octanol–water partition coefficient (Wildman–Crippen LogP) is 2.60. The van der Waals surface area contributed by atoms with Crippen LogP contribution in [-0.2, 0) is 9.59 Å².